The predicted octanol–water partition coefficient (Wildman–Crippen LogP) is -2.55. The first-order chi connectivity index (χ1) is 25.8. The van der Waals surface area contributed by atoms with E-state index in [9.17, 15) is 62.2 Å². The Morgan fingerprint density at radius 3 is 2.04 bits per heavy atom. The summed E-state index contributed by atoms with van der Waals surface area (Å²) in [6.07, 6.45) is -10.6. The number of hydrogen-bond donors (Lipinski definition) is 10. The number of hydrogen-bond acceptors (Lipinski definition) is 22. The Hall–Kier alpha value is -2.50. The Kier molecular flexibility index (Phi) is 13.2. The third kappa shape index (κ3) is 10.8. The van der Waals surface area contributed by atoms with Crippen LogP contribution in [0.25, 0.3) is 11.2 Å². The zero-order chi connectivity index (χ0) is 41.6. The van der Waals surface area contributed by atoms with Crippen molar-refractivity contribution in [3.8, 4) is 0 Å². The molecule has 2 saturated heterocycles. The number of methoxy groups -OCH3 is 1. The SMILES string of the molecule is CO[C@@H]1[C@H](OP(=O)(O)OC[C@H]2O[C@@H](n3ccc(=O)[nH]c3=O)[C@H](O)[C@@H]2O)[C@@H](COP(=O)(O)OP(=O)(O)OP(=O)(O)OP(=O)(O)O)O[C@H]1n1cnc2c(N)ncnc21. The highest BCUT2D eigenvalue weighted by molar-refractivity contribution is 7.69. The van der Waals surface area contributed by atoms with Crippen LogP contribution in [0.15, 0.2) is 34.5 Å². The number of phosphoric acid groups is 5. The third-order valence-electron chi connectivity index (χ3n) is 7.36. The second-order valence-electron chi connectivity index (χ2n) is 11.2. The van der Waals surface area contributed by atoms with E-state index in [0.29, 0.717) is 0 Å². The summed E-state index contributed by atoms with van der Waals surface area (Å²) in [5.74, 6) is -0.0941. The number of aliphatic hydroxyl groups is 2. The fraction of sp³-hybridized carbons (Fsp3) is 0.550. The summed E-state index contributed by atoms with van der Waals surface area (Å²) >= 11 is 0. The molecule has 12 atom stereocenters. The molecule has 3 aromatic rings. The highest BCUT2D eigenvalue weighted by Gasteiger charge is 2.53. The van der Waals surface area contributed by atoms with Crippen molar-refractivity contribution in [2.75, 3.05) is 26.1 Å². The summed E-state index contributed by atoms with van der Waals surface area (Å²) in [5.41, 5.74) is 4.05. The number of nitrogens with zero attached hydrogens (tertiary/aromatic N) is 5. The summed E-state index contributed by atoms with van der Waals surface area (Å²) in [6, 6.07) is 0.914. The highest BCUT2D eigenvalue weighted by atomic mass is 31.3. The van der Waals surface area contributed by atoms with Crippen molar-refractivity contribution in [2.45, 2.75) is 49.1 Å². The second-order valence-corrected chi connectivity index (χ2v) is 18.6. The van der Waals surface area contributed by atoms with Gasteiger partial charge in [-0.2, -0.15) is 12.9 Å². The van der Waals surface area contributed by atoms with E-state index in [1.807, 2.05) is 4.98 Å². The van der Waals surface area contributed by atoms with Crippen molar-refractivity contribution in [3.05, 3.63) is 45.8 Å². The maximum Gasteiger partial charge on any atom is 0.490 e. The van der Waals surface area contributed by atoms with Crippen molar-refractivity contribution in [3.63, 3.8) is 0 Å². The predicted molar refractivity (Wildman–Crippen MR) is 173 cm³/mol. The number of aromatic amines is 1. The molecule has 2 aliphatic heterocycles. The fourth-order valence-electron chi connectivity index (χ4n) is 5.19. The molecule has 31 nitrogen and oxygen atoms in total. The first-order valence-electron chi connectivity index (χ1n) is 14.7. The lowest BCUT2D eigenvalue weighted by Gasteiger charge is -2.26. The summed E-state index contributed by atoms with van der Waals surface area (Å²) in [6.45, 7) is -2.30. The standard InChI is InChI=1S/C20H30N7O24P5/c1-43-15-14(48-53(35,36)44-4-8-12(29)13(30)18(46-8)26-3-2-10(28)25-20(26)31)9(47-19(15)27-7-24-11-16(21)22-6-23-17(11)27)5-45-54(37,38)50-56(41,42)51-55(39,40)49-52(32,33)34/h2-3,6-9,12-15,18-19,29-30H,4-5H2,1H3,(H,35,36)(H,37,38)(H,39,40)(H,41,42)(H2,21,22,23)(H,25,28,31)(H2,32,33,34)/t8-,9-,12-,13-,14-,15-,18-,19-/m1/s1. The molecular weight excluding hydrogens is 877 g/mol. The monoisotopic (exact) mass is 907 g/mol. The molecule has 2 fully saturated rings. The van der Waals surface area contributed by atoms with Crippen LogP contribution < -0.4 is 17.0 Å². The molecule has 2 aliphatic rings. The second kappa shape index (κ2) is 16.6. The minimum Gasteiger partial charge on any atom is -0.387 e. The van der Waals surface area contributed by atoms with Crippen LogP contribution in [0.4, 0.5) is 5.82 Å². The summed E-state index contributed by atoms with van der Waals surface area (Å²) in [4.78, 5) is 94.6. The van der Waals surface area contributed by atoms with Crippen LogP contribution in [-0.2, 0) is 63.5 Å². The van der Waals surface area contributed by atoms with Gasteiger partial charge in [0.1, 0.15) is 48.5 Å². The van der Waals surface area contributed by atoms with Crippen molar-refractivity contribution in [2.24, 2.45) is 0 Å². The molecule has 56 heavy (non-hydrogen) atoms. The first-order valence-corrected chi connectivity index (χ1v) is 22.2. The average molecular weight is 907 g/mol. The number of imidazole rings is 1. The third-order valence-corrected chi connectivity index (χ3v) is 13.8. The van der Waals surface area contributed by atoms with Gasteiger partial charge in [0, 0.05) is 19.4 Å². The molecular formula is C20H30N7O24P5. The lowest BCUT2D eigenvalue weighted by Crippen LogP contribution is -2.38. The quantitative estimate of drug-likeness (QED) is 0.0623. The minimum absolute atomic E-state index is 0.00383. The fourth-order valence-corrected chi connectivity index (χ4v) is 10.6. The number of nitrogen functional groups attached to an aromatic ring is 1. The Labute approximate surface area is 309 Å². The summed E-state index contributed by atoms with van der Waals surface area (Å²) < 4.78 is 105. The van der Waals surface area contributed by atoms with Crippen LogP contribution in [0.1, 0.15) is 12.5 Å². The van der Waals surface area contributed by atoms with Gasteiger partial charge in [0.05, 0.1) is 19.5 Å². The van der Waals surface area contributed by atoms with Crippen molar-refractivity contribution in [1.82, 2.24) is 29.1 Å². The van der Waals surface area contributed by atoms with Gasteiger partial charge >= 0.3 is 44.8 Å². The van der Waals surface area contributed by atoms with Crippen LogP contribution in [0.3, 0.4) is 0 Å². The molecule has 4 unspecified atom stereocenters. The molecule has 5 rings (SSSR count). The lowest BCUT2D eigenvalue weighted by atomic mass is 10.1. The molecule has 314 valence electrons. The minimum atomic E-state index is -6.24. The maximum absolute atomic E-state index is 13.3. The number of aliphatic hydroxyl groups excluding tert-OH is 2. The molecule has 3 aromatic heterocycles. The van der Waals surface area contributed by atoms with Gasteiger partial charge in [0.25, 0.3) is 5.56 Å². The Morgan fingerprint density at radius 1 is 0.786 bits per heavy atom. The van der Waals surface area contributed by atoms with Gasteiger partial charge in [-0.15, -0.1) is 0 Å². The first kappa shape index (κ1) is 44.6. The van der Waals surface area contributed by atoms with Crippen molar-refractivity contribution in [1.29, 1.82) is 0 Å². The van der Waals surface area contributed by atoms with Crippen LogP contribution in [0.5, 0.6) is 0 Å². The number of aromatic nitrogens is 6. The molecule has 11 N–H and O–H groups in total. The smallest absolute Gasteiger partial charge is 0.387 e. The molecule has 0 aliphatic carbocycles. The van der Waals surface area contributed by atoms with Gasteiger partial charge in [0.15, 0.2) is 23.9 Å². The molecule has 5 heterocycles. The summed E-state index contributed by atoms with van der Waals surface area (Å²) in [7, 11) is -28.5. The van der Waals surface area contributed by atoms with Crippen molar-refractivity contribution < 1.29 is 103 Å². The van der Waals surface area contributed by atoms with E-state index < -0.39 is 113 Å². The maximum atomic E-state index is 13.3. The zero-order valence-corrected chi connectivity index (χ0v) is 32.0. The van der Waals surface area contributed by atoms with Crippen LogP contribution in [0, 0.1) is 0 Å². The van der Waals surface area contributed by atoms with Gasteiger partial charge in [-0.1, -0.05) is 0 Å². The van der Waals surface area contributed by atoms with E-state index in [4.69, 9.17) is 38.8 Å². The Morgan fingerprint density at radius 2 is 1.39 bits per heavy atom. The number of H-pyrrole nitrogens is 1. The molecule has 36 heteroatoms. The average Bonchev–Trinajstić information content (AvgIpc) is 3.70. The number of anilines is 1. The van der Waals surface area contributed by atoms with Gasteiger partial charge in [-0.25, -0.2) is 42.6 Å². The van der Waals surface area contributed by atoms with E-state index in [1.165, 1.54) is 0 Å². The molecule has 0 aromatic carbocycles. The molecule has 0 spiro atoms. The number of ether oxygens (including phenoxy) is 3. The van der Waals surface area contributed by atoms with Gasteiger partial charge < -0.3 is 59.5 Å². The van der Waals surface area contributed by atoms with E-state index in [-0.39, 0.29) is 17.0 Å². The Bertz CT molecular complexity index is 2280. The highest BCUT2D eigenvalue weighted by Crippen LogP contribution is 2.70. The van der Waals surface area contributed by atoms with E-state index in [1.54, 1.807) is 0 Å². The van der Waals surface area contributed by atoms with E-state index >= 15 is 0 Å². The van der Waals surface area contributed by atoms with Crippen LogP contribution in [-0.4, -0.2) is 126 Å². The number of rotatable bonds is 17. The molecule has 0 amide bonds. The zero-order valence-electron chi connectivity index (χ0n) is 27.5. The normalized spacial score (nSPS) is 30.1. The summed E-state index contributed by atoms with van der Waals surface area (Å²) in [5, 5.41) is 21.0. The Balaban J connectivity index is 1.35. The van der Waals surface area contributed by atoms with Crippen LogP contribution in [0.2, 0.25) is 0 Å². The molecule has 0 saturated carbocycles. The number of nitrogens with two attached hydrogens (primary N) is 1. The molecule has 0 bridgehead atoms. The number of fused-ring (bicyclic) bond motifs is 1. The van der Waals surface area contributed by atoms with Gasteiger partial charge in [-0.3, -0.25) is 32.5 Å². The largest absolute Gasteiger partial charge is 0.490 e. The van der Waals surface area contributed by atoms with Gasteiger partial charge in [-0.05, 0) is 0 Å². The van der Waals surface area contributed by atoms with Gasteiger partial charge in [0.2, 0.25) is 0 Å². The van der Waals surface area contributed by atoms with E-state index in [0.717, 1.165) is 41.2 Å². The lowest BCUT2D eigenvalue weighted by molar-refractivity contribution is -0.0610. The number of phosphoric ester groups is 2. The topological polar surface area (TPSA) is 455 Å². The van der Waals surface area contributed by atoms with Crippen LogP contribution >= 0.6 is 39.1 Å². The number of nitrogens with one attached hydrogen (secondary N) is 1. The van der Waals surface area contributed by atoms with Crippen molar-refractivity contribution >= 4 is 56.1 Å². The molecule has 0 radical (unpaired) electrons. The van der Waals surface area contributed by atoms with E-state index in [2.05, 4.69) is 32.4 Å².